The third-order valence-corrected chi connectivity index (χ3v) is 3.41. The van der Waals surface area contributed by atoms with E-state index in [4.69, 9.17) is 14.7 Å². The summed E-state index contributed by atoms with van der Waals surface area (Å²) in [5, 5.41) is 23.0. The van der Waals surface area contributed by atoms with Crippen LogP contribution in [0.1, 0.15) is 18.4 Å². The predicted molar refractivity (Wildman–Crippen MR) is 78.9 cm³/mol. The Morgan fingerprint density at radius 1 is 1.05 bits per heavy atom. The van der Waals surface area contributed by atoms with E-state index in [1.54, 1.807) is 12.1 Å². The van der Waals surface area contributed by atoms with Crippen molar-refractivity contribution in [1.82, 2.24) is 0 Å². The number of aliphatic carboxylic acids is 1. The molecule has 2 N–H and O–H groups in total. The van der Waals surface area contributed by atoms with Crippen molar-refractivity contribution in [1.29, 1.82) is 0 Å². The largest absolute Gasteiger partial charge is 0.481 e. The number of hydrogen-bond donors (Lipinski definition) is 2. The zero-order chi connectivity index (χ0) is 14.8. The molecule has 3 rings (SSSR count). The molecule has 106 valence electrons. The van der Waals surface area contributed by atoms with Crippen LogP contribution in [-0.2, 0) is 4.79 Å². The summed E-state index contributed by atoms with van der Waals surface area (Å²) in [6.07, 6.45) is 0.0939. The second kappa shape index (κ2) is 5.28. The lowest BCUT2D eigenvalue weighted by molar-refractivity contribution is -0.136. The maximum Gasteiger partial charge on any atom is 0.303 e. The molecular weight excluding hydrogens is 270 g/mol. The summed E-state index contributed by atoms with van der Waals surface area (Å²) in [6, 6.07) is 13.1. The van der Waals surface area contributed by atoms with Gasteiger partial charge in [0, 0.05) is 22.8 Å². The van der Waals surface area contributed by atoms with Crippen molar-refractivity contribution in [2.24, 2.45) is 5.16 Å². The molecule has 0 atom stereocenters. The number of hydrogen-bond acceptors (Lipinski definition) is 4. The molecule has 0 saturated heterocycles. The van der Waals surface area contributed by atoms with Crippen molar-refractivity contribution >= 4 is 33.6 Å². The van der Waals surface area contributed by atoms with E-state index < -0.39 is 5.97 Å². The summed E-state index contributed by atoms with van der Waals surface area (Å²) in [5.74, 6) is -0.925. The number of carboxylic acid groups (broad SMARTS) is 1. The Balaban J connectivity index is 2.07. The Kier molecular flexibility index (Phi) is 3.31. The highest BCUT2D eigenvalue weighted by atomic mass is 16.4. The Bertz CT molecular complexity index is 848. The number of rotatable bonds is 4. The van der Waals surface area contributed by atoms with Crippen molar-refractivity contribution < 1.29 is 19.5 Å². The highest BCUT2D eigenvalue weighted by molar-refractivity contribution is 6.09. The van der Waals surface area contributed by atoms with Gasteiger partial charge in [-0.15, -0.1) is 0 Å². The fourth-order valence-electron chi connectivity index (χ4n) is 2.38. The van der Waals surface area contributed by atoms with Gasteiger partial charge in [0.25, 0.3) is 0 Å². The van der Waals surface area contributed by atoms with Crippen LogP contribution < -0.4 is 0 Å². The molecule has 0 saturated carbocycles. The molecule has 0 bridgehead atoms. The third-order valence-electron chi connectivity index (χ3n) is 3.41. The van der Waals surface area contributed by atoms with E-state index in [0.29, 0.717) is 11.3 Å². The lowest BCUT2D eigenvalue weighted by atomic mass is 10.0. The van der Waals surface area contributed by atoms with E-state index >= 15 is 0 Å². The van der Waals surface area contributed by atoms with E-state index in [1.165, 1.54) is 0 Å². The summed E-state index contributed by atoms with van der Waals surface area (Å²) in [7, 11) is 0. The number of fused-ring (bicyclic) bond motifs is 3. The van der Waals surface area contributed by atoms with Gasteiger partial charge in [0.1, 0.15) is 11.2 Å². The van der Waals surface area contributed by atoms with Crippen molar-refractivity contribution in [2.75, 3.05) is 0 Å². The molecule has 2 aromatic carbocycles. The second-order valence-corrected chi connectivity index (χ2v) is 4.75. The number of carboxylic acids is 1. The first-order valence-corrected chi connectivity index (χ1v) is 6.53. The van der Waals surface area contributed by atoms with E-state index in [0.717, 1.165) is 21.9 Å². The summed E-state index contributed by atoms with van der Waals surface area (Å²) in [6.45, 7) is 0. The number of furan rings is 1. The summed E-state index contributed by atoms with van der Waals surface area (Å²) >= 11 is 0. The van der Waals surface area contributed by atoms with Gasteiger partial charge in [-0.25, -0.2) is 0 Å². The van der Waals surface area contributed by atoms with Gasteiger partial charge in [0.2, 0.25) is 0 Å². The zero-order valence-corrected chi connectivity index (χ0v) is 11.1. The molecule has 0 spiro atoms. The summed E-state index contributed by atoms with van der Waals surface area (Å²) in [5.41, 5.74) is 2.58. The normalized spacial score (nSPS) is 12.1. The van der Waals surface area contributed by atoms with E-state index in [1.807, 2.05) is 30.3 Å². The van der Waals surface area contributed by atoms with E-state index in [2.05, 4.69) is 5.16 Å². The average Bonchev–Trinajstić information content (AvgIpc) is 2.85. The minimum Gasteiger partial charge on any atom is -0.481 e. The summed E-state index contributed by atoms with van der Waals surface area (Å²) < 4.78 is 5.72. The minimum absolute atomic E-state index is 0.0798. The van der Waals surface area contributed by atoms with Gasteiger partial charge < -0.3 is 14.7 Å². The molecule has 3 aromatic rings. The maximum atomic E-state index is 10.6. The fourth-order valence-corrected chi connectivity index (χ4v) is 2.38. The van der Waals surface area contributed by atoms with E-state index in [-0.39, 0.29) is 12.8 Å². The molecule has 5 nitrogen and oxygen atoms in total. The number of nitrogens with zero attached hydrogens (tertiary/aromatic N) is 1. The van der Waals surface area contributed by atoms with Crippen LogP contribution in [0.3, 0.4) is 0 Å². The molecule has 0 amide bonds. The standard InChI is InChI=1S/C16H13NO4/c18-16(19)8-6-13(17-20)10-5-7-15-12(9-10)11-3-1-2-4-14(11)21-15/h1-5,7,9,20H,6,8H2,(H,18,19)/b17-13-. The molecule has 0 fully saturated rings. The molecule has 21 heavy (non-hydrogen) atoms. The van der Waals surface area contributed by atoms with Gasteiger partial charge in [-0.3, -0.25) is 4.79 Å². The number of carbonyl (C=O) groups is 1. The molecule has 1 aromatic heterocycles. The van der Waals surface area contributed by atoms with Crippen LogP contribution in [0.5, 0.6) is 0 Å². The van der Waals surface area contributed by atoms with Crippen LogP contribution in [0, 0.1) is 0 Å². The van der Waals surface area contributed by atoms with Gasteiger partial charge in [-0.2, -0.15) is 0 Å². The SMILES string of the molecule is O=C(O)CC/C(=N/O)c1ccc2oc3ccccc3c2c1. The molecule has 0 aliphatic carbocycles. The van der Waals surface area contributed by atoms with E-state index in [9.17, 15) is 4.79 Å². The quantitative estimate of drug-likeness (QED) is 0.435. The molecule has 0 aliphatic heterocycles. The third kappa shape index (κ3) is 2.45. The van der Waals surface area contributed by atoms with Crippen LogP contribution in [-0.4, -0.2) is 22.0 Å². The first-order valence-electron chi connectivity index (χ1n) is 6.53. The molecule has 0 aliphatic rings. The smallest absolute Gasteiger partial charge is 0.303 e. The molecular formula is C16H13NO4. The fraction of sp³-hybridized carbons (Fsp3) is 0.125. The average molecular weight is 283 g/mol. The van der Waals surface area contributed by atoms with Gasteiger partial charge >= 0.3 is 5.97 Å². The Labute approximate surface area is 120 Å². The molecule has 1 heterocycles. The summed E-state index contributed by atoms with van der Waals surface area (Å²) in [4.78, 5) is 10.6. The Hall–Kier alpha value is -2.82. The van der Waals surface area contributed by atoms with Crippen LogP contribution in [0.4, 0.5) is 0 Å². The topological polar surface area (TPSA) is 83.0 Å². The second-order valence-electron chi connectivity index (χ2n) is 4.75. The predicted octanol–water partition coefficient (Wildman–Crippen LogP) is 3.63. The lowest BCUT2D eigenvalue weighted by Gasteiger charge is -2.03. The van der Waals surface area contributed by atoms with Gasteiger partial charge in [-0.1, -0.05) is 23.4 Å². The highest BCUT2D eigenvalue weighted by Crippen LogP contribution is 2.29. The monoisotopic (exact) mass is 283 g/mol. The maximum absolute atomic E-state index is 10.6. The number of para-hydroxylation sites is 1. The number of benzene rings is 2. The van der Waals surface area contributed by atoms with Crippen LogP contribution in [0.2, 0.25) is 0 Å². The Morgan fingerprint density at radius 2 is 1.81 bits per heavy atom. The lowest BCUT2D eigenvalue weighted by Crippen LogP contribution is -2.05. The van der Waals surface area contributed by atoms with Crippen molar-refractivity contribution in [3.05, 3.63) is 48.0 Å². The van der Waals surface area contributed by atoms with Crippen molar-refractivity contribution in [2.45, 2.75) is 12.8 Å². The van der Waals surface area contributed by atoms with Gasteiger partial charge in [0.05, 0.1) is 12.1 Å². The zero-order valence-electron chi connectivity index (χ0n) is 11.1. The highest BCUT2D eigenvalue weighted by Gasteiger charge is 2.11. The first-order chi connectivity index (χ1) is 10.2. The molecule has 5 heteroatoms. The van der Waals surface area contributed by atoms with Crippen LogP contribution in [0.25, 0.3) is 21.9 Å². The molecule has 0 radical (unpaired) electrons. The number of oxime groups is 1. The minimum atomic E-state index is -0.925. The van der Waals surface area contributed by atoms with Gasteiger partial charge in [-0.05, 0) is 24.3 Å². The Morgan fingerprint density at radius 3 is 2.57 bits per heavy atom. The first kappa shape index (κ1) is 13.2. The van der Waals surface area contributed by atoms with Crippen LogP contribution >= 0.6 is 0 Å². The van der Waals surface area contributed by atoms with Crippen molar-refractivity contribution in [3.8, 4) is 0 Å². The molecule has 0 unspecified atom stereocenters. The van der Waals surface area contributed by atoms with Crippen LogP contribution in [0.15, 0.2) is 52.0 Å². The van der Waals surface area contributed by atoms with Gasteiger partial charge in [0.15, 0.2) is 0 Å². The van der Waals surface area contributed by atoms with Crippen molar-refractivity contribution in [3.63, 3.8) is 0 Å².